The molecule has 1 aliphatic heterocycles. The van der Waals surface area contributed by atoms with E-state index in [-0.39, 0.29) is 30.1 Å². The quantitative estimate of drug-likeness (QED) is 0.108. The number of thiocarbonyl (C=S) groups is 1. The minimum Gasteiger partial charge on any atom is -0.495 e. The van der Waals surface area contributed by atoms with E-state index in [2.05, 4.69) is 21.7 Å². The van der Waals surface area contributed by atoms with Crippen molar-refractivity contribution >= 4 is 45.4 Å². The summed E-state index contributed by atoms with van der Waals surface area (Å²) in [5, 5.41) is 20.7. The predicted molar refractivity (Wildman–Crippen MR) is 178 cm³/mol. The van der Waals surface area contributed by atoms with Gasteiger partial charge in [-0.2, -0.15) is 0 Å². The number of pyridine rings is 1. The Morgan fingerprint density at radius 1 is 1.07 bits per heavy atom. The molecule has 2 N–H and O–H groups in total. The molecule has 0 radical (unpaired) electrons. The largest absolute Gasteiger partial charge is 0.495 e. The summed E-state index contributed by atoms with van der Waals surface area (Å²) in [6.45, 7) is 4.29. The number of aromatic nitrogens is 2. The summed E-state index contributed by atoms with van der Waals surface area (Å²) in [6.07, 6.45) is 1.95. The molecule has 228 valence electrons. The van der Waals surface area contributed by atoms with Crippen LogP contribution in [-0.4, -0.2) is 44.0 Å². The van der Waals surface area contributed by atoms with Crippen LogP contribution in [-0.2, 0) is 4.79 Å². The Kier molecular flexibility index (Phi) is 8.18. The van der Waals surface area contributed by atoms with Crippen LogP contribution < -0.4 is 15.4 Å². The summed E-state index contributed by atoms with van der Waals surface area (Å²) in [5.74, 6) is 0.387. The van der Waals surface area contributed by atoms with Gasteiger partial charge >= 0.3 is 0 Å². The van der Waals surface area contributed by atoms with Gasteiger partial charge in [-0.25, -0.2) is 0 Å². The highest BCUT2D eigenvalue weighted by Gasteiger charge is 2.41. The van der Waals surface area contributed by atoms with E-state index in [1.54, 1.807) is 19.4 Å². The summed E-state index contributed by atoms with van der Waals surface area (Å²) in [6, 6.07) is 25.5. The number of hydrogen-bond acceptors (Lipinski definition) is 6. The van der Waals surface area contributed by atoms with Gasteiger partial charge in [0.25, 0.3) is 5.69 Å². The molecular weight excluding hydrogens is 588 g/mol. The Labute approximate surface area is 265 Å². The highest BCUT2D eigenvalue weighted by atomic mass is 32.1. The lowest BCUT2D eigenvalue weighted by Gasteiger charge is -2.28. The van der Waals surface area contributed by atoms with E-state index in [9.17, 15) is 14.9 Å². The molecular formula is C34H32N6O4S. The zero-order valence-electron chi connectivity index (χ0n) is 25.1. The van der Waals surface area contributed by atoms with E-state index in [4.69, 9.17) is 17.0 Å². The number of rotatable bonds is 9. The number of nitrogens with one attached hydrogen (secondary N) is 2. The lowest BCUT2D eigenvalue weighted by molar-refractivity contribution is -0.384. The average Bonchev–Trinajstić information content (AvgIpc) is 3.53. The number of nitro benzene ring substituents is 1. The Bertz CT molecular complexity index is 1920. The molecule has 1 saturated heterocycles. The van der Waals surface area contributed by atoms with Crippen molar-refractivity contribution in [2.45, 2.75) is 32.4 Å². The summed E-state index contributed by atoms with van der Waals surface area (Å²) < 4.78 is 7.57. The maximum absolute atomic E-state index is 13.3. The summed E-state index contributed by atoms with van der Waals surface area (Å²) in [7, 11) is 1.54. The average molecular weight is 621 g/mol. The fourth-order valence-corrected chi connectivity index (χ4v) is 6.51. The second kappa shape index (κ2) is 12.4. The molecule has 0 bridgehead atoms. The van der Waals surface area contributed by atoms with E-state index < -0.39 is 4.92 Å². The smallest absolute Gasteiger partial charge is 0.271 e. The third kappa shape index (κ3) is 5.69. The predicted octanol–water partition coefficient (Wildman–Crippen LogP) is 6.56. The first-order valence-corrected chi connectivity index (χ1v) is 14.9. The zero-order chi connectivity index (χ0) is 31.7. The molecule has 0 unspecified atom stereocenters. The van der Waals surface area contributed by atoms with Crippen LogP contribution in [0.2, 0.25) is 0 Å². The van der Waals surface area contributed by atoms with Gasteiger partial charge in [-0.05, 0) is 67.3 Å². The molecule has 11 heteroatoms. The van der Waals surface area contributed by atoms with E-state index in [0.717, 1.165) is 39.1 Å². The minimum absolute atomic E-state index is 0.0336. The number of hydrogen-bond donors (Lipinski definition) is 2. The number of carbonyl (C=O) groups excluding carboxylic acids is 1. The van der Waals surface area contributed by atoms with Crippen molar-refractivity contribution in [1.29, 1.82) is 0 Å². The number of amides is 1. The number of fused-ring (bicyclic) bond motifs is 1. The van der Waals surface area contributed by atoms with Crippen molar-refractivity contribution in [1.82, 2.24) is 19.8 Å². The molecule has 1 fully saturated rings. The summed E-state index contributed by atoms with van der Waals surface area (Å²) in [4.78, 5) is 31.2. The van der Waals surface area contributed by atoms with E-state index >= 15 is 0 Å². The van der Waals surface area contributed by atoms with Crippen molar-refractivity contribution < 1.29 is 14.5 Å². The first kappa shape index (κ1) is 29.8. The molecule has 2 atom stereocenters. The van der Waals surface area contributed by atoms with Gasteiger partial charge in [-0.3, -0.25) is 19.9 Å². The van der Waals surface area contributed by atoms with Crippen LogP contribution in [0.3, 0.4) is 0 Å². The maximum atomic E-state index is 13.3. The van der Waals surface area contributed by atoms with Crippen molar-refractivity contribution in [3.63, 3.8) is 0 Å². The van der Waals surface area contributed by atoms with Gasteiger partial charge in [0.05, 0.1) is 35.5 Å². The van der Waals surface area contributed by atoms with Gasteiger partial charge in [0.15, 0.2) is 5.11 Å². The highest BCUT2D eigenvalue weighted by Crippen LogP contribution is 2.42. The second-order valence-corrected chi connectivity index (χ2v) is 11.3. The number of benzene rings is 3. The van der Waals surface area contributed by atoms with E-state index in [1.807, 2.05) is 84.0 Å². The van der Waals surface area contributed by atoms with Gasteiger partial charge in [0.2, 0.25) is 5.91 Å². The van der Waals surface area contributed by atoms with Crippen LogP contribution in [0.15, 0.2) is 91.1 Å². The fourth-order valence-electron chi connectivity index (χ4n) is 6.18. The maximum Gasteiger partial charge on any atom is 0.271 e. The number of anilines is 1. The molecule has 0 saturated carbocycles. The summed E-state index contributed by atoms with van der Waals surface area (Å²) in [5.41, 5.74) is 4.80. The molecule has 3 heterocycles. The zero-order valence-corrected chi connectivity index (χ0v) is 25.9. The Balaban J connectivity index is 1.35. The molecule has 3 aromatic carbocycles. The van der Waals surface area contributed by atoms with Crippen LogP contribution in [0, 0.1) is 24.0 Å². The fraction of sp³-hybridized carbons (Fsp3) is 0.206. The van der Waals surface area contributed by atoms with Crippen LogP contribution in [0.1, 0.15) is 41.1 Å². The third-order valence-electron chi connectivity index (χ3n) is 8.24. The Morgan fingerprint density at radius 2 is 1.84 bits per heavy atom. The van der Waals surface area contributed by atoms with Gasteiger partial charge < -0.3 is 24.8 Å². The molecule has 5 aromatic rings. The van der Waals surface area contributed by atoms with Crippen molar-refractivity contribution in [3.8, 4) is 11.4 Å². The minimum atomic E-state index is -0.417. The number of nitrogens with zero attached hydrogens (tertiary/aromatic N) is 4. The molecule has 0 aliphatic carbocycles. The first-order valence-electron chi connectivity index (χ1n) is 14.5. The van der Waals surface area contributed by atoms with Gasteiger partial charge in [0.1, 0.15) is 5.75 Å². The number of methoxy groups -OCH3 is 1. The number of non-ortho nitro benzene ring substituents is 1. The lowest BCUT2D eigenvalue weighted by atomic mass is 9.96. The number of carbonyl (C=O) groups is 1. The van der Waals surface area contributed by atoms with Gasteiger partial charge in [0, 0.05) is 53.8 Å². The van der Waals surface area contributed by atoms with Crippen LogP contribution in [0.4, 0.5) is 11.4 Å². The van der Waals surface area contributed by atoms with Crippen molar-refractivity contribution in [2.24, 2.45) is 0 Å². The number of aryl methyl sites for hydroxylation is 1. The van der Waals surface area contributed by atoms with Crippen LogP contribution in [0.25, 0.3) is 16.5 Å². The highest BCUT2D eigenvalue weighted by molar-refractivity contribution is 7.80. The lowest BCUT2D eigenvalue weighted by Crippen LogP contribution is -2.33. The van der Waals surface area contributed by atoms with Crippen molar-refractivity contribution in [3.05, 3.63) is 124 Å². The normalized spacial score (nSPS) is 16.1. The molecule has 2 aromatic heterocycles. The van der Waals surface area contributed by atoms with Crippen LogP contribution in [0.5, 0.6) is 5.75 Å². The Morgan fingerprint density at radius 3 is 2.60 bits per heavy atom. The number of nitro groups is 1. The molecule has 10 nitrogen and oxygen atoms in total. The molecule has 6 rings (SSSR count). The van der Waals surface area contributed by atoms with Crippen molar-refractivity contribution in [2.75, 3.05) is 19.0 Å². The topological polar surface area (TPSA) is 115 Å². The standard InChI is InChI=1S/C34H32N6O4S/c1-21-19-26(22(2)39(21)29-20-24(40(42)43)14-15-30(29)44-3)33-32(28-12-6-7-17-35-28)37-34(45)38(33)18-16-31(41)36-27-13-8-10-23-9-4-5-11-25(23)27/h4-15,17,19-20,32-33H,16,18H2,1-3H3,(H,36,41)(H,37,45)/t32-,33-/m0/s1. The SMILES string of the molecule is COc1ccc([N+](=O)[O-])cc1-n1c(C)cc([C@H]2[C@H](c3ccccn3)NC(=S)N2CCC(=O)Nc2cccc3ccccc23)c1C. The van der Waals surface area contributed by atoms with Gasteiger partial charge in [-0.1, -0.05) is 42.5 Å². The third-order valence-corrected chi connectivity index (χ3v) is 8.60. The Hall–Kier alpha value is -5.29. The number of ether oxygens (including phenoxy) is 1. The van der Waals surface area contributed by atoms with Crippen LogP contribution >= 0.6 is 12.2 Å². The van der Waals surface area contributed by atoms with E-state index in [1.165, 1.54) is 12.1 Å². The second-order valence-electron chi connectivity index (χ2n) is 10.9. The molecule has 1 aliphatic rings. The first-order chi connectivity index (χ1) is 21.8. The molecule has 1 amide bonds. The summed E-state index contributed by atoms with van der Waals surface area (Å²) >= 11 is 5.85. The monoisotopic (exact) mass is 620 g/mol. The molecule has 45 heavy (non-hydrogen) atoms. The molecule has 0 spiro atoms. The van der Waals surface area contributed by atoms with E-state index in [0.29, 0.717) is 23.1 Å². The van der Waals surface area contributed by atoms with Gasteiger partial charge in [-0.15, -0.1) is 0 Å².